The SMILES string of the molecule is CCc1c2c(CC)c3c(CC)c1Cc1cccc(c1)CNc1cccc(c1)P(=O)(c1cccc(c1)NCc1cccc(c1)C2)c1cccc(c1)NCc1cccc(c1)C3. The van der Waals surface area contributed by atoms with Crippen molar-refractivity contribution in [3.8, 4) is 0 Å². The van der Waals surface area contributed by atoms with Gasteiger partial charge in [0.15, 0.2) is 7.14 Å². The van der Waals surface area contributed by atoms with E-state index in [2.05, 4.69) is 146 Å². The molecule has 16 bridgehead atoms. The lowest BCUT2D eigenvalue weighted by atomic mass is 9.78. The van der Waals surface area contributed by atoms with Crippen molar-refractivity contribution in [2.45, 2.75) is 78.9 Å². The third-order valence-electron chi connectivity index (χ3n) is 12.5. The van der Waals surface area contributed by atoms with Gasteiger partial charge < -0.3 is 20.5 Å². The quantitative estimate of drug-likeness (QED) is 0.156. The van der Waals surface area contributed by atoms with Crippen LogP contribution in [0.2, 0.25) is 0 Å². The van der Waals surface area contributed by atoms with E-state index in [9.17, 15) is 0 Å². The summed E-state index contributed by atoms with van der Waals surface area (Å²) in [5.41, 5.74) is 19.6. The van der Waals surface area contributed by atoms with E-state index in [0.29, 0.717) is 19.6 Å². The Labute approximate surface area is 350 Å². The molecule has 10 rings (SSSR count). The van der Waals surface area contributed by atoms with Crippen molar-refractivity contribution in [2.24, 2.45) is 0 Å². The van der Waals surface area contributed by atoms with Crippen molar-refractivity contribution in [1.82, 2.24) is 0 Å². The maximum absolute atomic E-state index is 16.1. The van der Waals surface area contributed by atoms with Gasteiger partial charge >= 0.3 is 0 Å². The number of anilines is 3. The second-order valence-electron chi connectivity index (χ2n) is 16.2. The predicted molar refractivity (Wildman–Crippen MR) is 250 cm³/mol. The molecule has 3 heterocycles. The second kappa shape index (κ2) is 16.8. The molecule has 7 aromatic carbocycles. The first-order valence-corrected chi connectivity index (χ1v) is 23.2. The van der Waals surface area contributed by atoms with Crippen molar-refractivity contribution >= 4 is 40.1 Å². The Bertz CT molecular complexity index is 2400. The van der Waals surface area contributed by atoms with Crippen LogP contribution in [0.5, 0.6) is 0 Å². The molecule has 3 aliphatic heterocycles. The predicted octanol–water partition coefficient (Wildman–Crippen LogP) is 11.2. The molecule has 0 aliphatic carbocycles. The Morgan fingerprint density at radius 3 is 0.983 bits per heavy atom. The molecule has 5 heteroatoms. The first kappa shape index (κ1) is 38.7. The van der Waals surface area contributed by atoms with Crippen LogP contribution < -0.4 is 31.9 Å². The van der Waals surface area contributed by atoms with E-state index in [0.717, 1.165) is 71.5 Å². The standard InChI is InChI=1S/C54H54N3OP/c1-4-49-52-28-37-13-7-16-40(25-37)34-55-43-19-10-22-46(31-43)59(58)47-23-11-20-44(32-47)56-35-41-17-8-14-38(26-41)29-53(49)51(6-3)54(50(52)5-2)30-39-15-9-18-42(27-39)36-57-45-21-12-24-48(59)33-45/h7-27,31-33,55-57H,4-6,28-30,34-36H2,1-3H3. The van der Waals surface area contributed by atoms with Gasteiger partial charge in [-0.2, -0.15) is 0 Å². The van der Waals surface area contributed by atoms with Gasteiger partial charge in [-0.25, -0.2) is 0 Å². The van der Waals surface area contributed by atoms with Crippen molar-refractivity contribution < 1.29 is 4.57 Å². The highest BCUT2D eigenvalue weighted by molar-refractivity contribution is 7.85. The maximum atomic E-state index is 16.1. The summed E-state index contributed by atoms with van der Waals surface area (Å²) < 4.78 is 16.1. The molecule has 0 saturated carbocycles. The van der Waals surface area contributed by atoms with Gasteiger partial charge in [0.2, 0.25) is 0 Å². The Balaban J connectivity index is 1.32. The molecule has 0 unspecified atom stereocenters. The molecule has 0 aromatic heterocycles. The van der Waals surface area contributed by atoms with E-state index in [4.69, 9.17) is 0 Å². The minimum Gasteiger partial charge on any atom is -0.381 e. The molecule has 7 aromatic rings. The average molecular weight is 792 g/mol. The van der Waals surface area contributed by atoms with Gasteiger partial charge in [-0.1, -0.05) is 130 Å². The summed E-state index contributed by atoms with van der Waals surface area (Å²) in [6, 6.07) is 52.1. The first-order chi connectivity index (χ1) is 28.9. The van der Waals surface area contributed by atoms with Gasteiger partial charge in [0.1, 0.15) is 0 Å². The molecule has 4 nitrogen and oxygen atoms in total. The number of benzene rings is 7. The minimum atomic E-state index is -3.34. The van der Waals surface area contributed by atoms with Gasteiger partial charge in [0, 0.05) is 52.6 Å². The Morgan fingerprint density at radius 2 is 0.678 bits per heavy atom. The normalized spacial score (nSPS) is 14.4. The van der Waals surface area contributed by atoms with Gasteiger partial charge in [-0.3, -0.25) is 0 Å². The van der Waals surface area contributed by atoms with Gasteiger partial charge in [-0.15, -0.1) is 0 Å². The summed E-state index contributed by atoms with van der Waals surface area (Å²) in [6.07, 6.45) is 5.66. The van der Waals surface area contributed by atoms with Crippen LogP contribution in [0.1, 0.15) is 87.5 Å². The fraction of sp³-hybridized carbons (Fsp3) is 0.222. The van der Waals surface area contributed by atoms with E-state index >= 15 is 4.57 Å². The molecule has 0 amide bonds. The van der Waals surface area contributed by atoms with E-state index in [1.807, 2.05) is 36.4 Å². The lowest BCUT2D eigenvalue weighted by Crippen LogP contribution is -2.26. The van der Waals surface area contributed by atoms with E-state index in [1.54, 1.807) is 0 Å². The number of fused-ring (bicyclic) bond motifs is 3. The minimum absolute atomic E-state index is 0.666. The van der Waals surface area contributed by atoms with Crippen LogP contribution in [0.3, 0.4) is 0 Å². The monoisotopic (exact) mass is 791 g/mol. The van der Waals surface area contributed by atoms with E-state index in [-0.39, 0.29) is 0 Å². The summed E-state index contributed by atoms with van der Waals surface area (Å²) in [4.78, 5) is 0. The van der Waals surface area contributed by atoms with Crippen molar-refractivity contribution in [1.29, 1.82) is 0 Å². The van der Waals surface area contributed by atoms with Crippen molar-refractivity contribution in [2.75, 3.05) is 16.0 Å². The highest BCUT2D eigenvalue weighted by Crippen LogP contribution is 2.44. The summed E-state index contributed by atoms with van der Waals surface area (Å²) in [6.45, 7) is 9.06. The zero-order valence-corrected chi connectivity index (χ0v) is 35.5. The highest BCUT2D eigenvalue weighted by Gasteiger charge is 2.31. The molecule has 0 saturated heterocycles. The average Bonchev–Trinajstić information content (AvgIpc) is 3.27. The van der Waals surface area contributed by atoms with E-state index < -0.39 is 7.14 Å². The Hall–Kier alpha value is -5.83. The van der Waals surface area contributed by atoms with Crippen LogP contribution in [0.25, 0.3) is 0 Å². The lowest BCUT2D eigenvalue weighted by molar-refractivity contribution is 0.592. The smallest absolute Gasteiger partial charge is 0.171 e. The van der Waals surface area contributed by atoms with Crippen molar-refractivity contribution in [3.63, 3.8) is 0 Å². The molecule has 3 aliphatic rings. The molecule has 3 N–H and O–H groups in total. The fourth-order valence-electron chi connectivity index (χ4n) is 9.67. The Kier molecular flexibility index (Phi) is 11.0. The van der Waals surface area contributed by atoms with Gasteiger partial charge in [0.05, 0.1) is 0 Å². The molecule has 0 spiro atoms. The zero-order chi connectivity index (χ0) is 40.3. The number of hydrogen-bond acceptors (Lipinski definition) is 4. The van der Waals surface area contributed by atoms with Crippen LogP contribution in [-0.4, -0.2) is 0 Å². The molecule has 59 heavy (non-hydrogen) atoms. The number of rotatable bonds is 3. The molecule has 0 fully saturated rings. The van der Waals surface area contributed by atoms with Crippen LogP contribution >= 0.6 is 7.14 Å². The number of hydrogen-bond donors (Lipinski definition) is 3. The summed E-state index contributed by atoms with van der Waals surface area (Å²) in [7, 11) is -3.34. The van der Waals surface area contributed by atoms with Gasteiger partial charge in [-0.05, 0) is 142 Å². The molecular formula is C54H54N3OP. The van der Waals surface area contributed by atoms with Crippen LogP contribution in [0, 0.1) is 0 Å². The van der Waals surface area contributed by atoms with Crippen molar-refractivity contribution in [3.05, 3.63) is 212 Å². The Morgan fingerprint density at radius 1 is 0.390 bits per heavy atom. The first-order valence-electron chi connectivity index (χ1n) is 21.5. The topological polar surface area (TPSA) is 53.2 Å². The second-order valence-corrected chi connectivity index (χ2v) is 19.0. The fourth-order valence-corrected chi connectivity index (χ4v) is 12.4. The zero-order valence-electron chi connectivity index (χ0n) is 34.6. The molecule has 0 atom stereocenters. The third kappa shape index (κ3) is 7.87. The van der Waals surface area contributed by atoms with Crippen LogP contribution in [0.15, 0.2) is 146 Å². The lowest BCUT2D eigenvalue weighted by Gasteiger charge is -2.27. The van der Waals surface area contributed by atoms with Crippen LogP contribution in [-0.2, 0) is 62.7 Å². The highest BCUT2D eigenvalue weighted by atomic mass is 31.2. The molecular weight excluding hydrogens is 738 g/mol. The van der Waals surface area contributed by atoms with Gasteiger partial charge in [0.25, 0.3) is 0 Å². The third-order valence-corrected chi connectivity index (χ3v) is 15.5. The number of nitrogens with one attached hydrogen (secondary N) is 3. The summed E-state index contributed by atoms with van der Waals surface area (Å²) in [5.74, 6) is 0. The molecule has 0 radical (unpaired) electrons. The maximum Gasteiger partial charge on any atom is 0.171 e. The summed E-state index contributed by atoms with van der Waals surface area (Å²) >= 11 is 0. The van der Waals surface area contributed by atoms with Crippen LogP contribution in [0.4, 0.5) is 17.1 Å². The molecule has 296 valence electrons. The summed E-state index contributed by atoms with van der Waals surface area (Å²) in [5, 5.41) is 13.6. The van der Waals surface area contributed by atoms with E-state index in [1.165, 1.54) is 66.8 Å². The largest absolute Gasteiger partial charge is 0.381 e.